The van der Waals surface area contributed by atoms with Gasteiger partial charge in [-0.2, -0.15) is 0 Å². The summed E-state index contributed by atoms with van der Waals surface area (Å²) >= 11 is 0. The molecule has 0 aliphatic carbocycles. The van der Waals surface area contributed by atoms with E-state index in [1.165, 1.54) is 25.2 Å². The van der Waals surface area contributed by atoms with Gasteiger partial charge in [-0.15, -0.1) is 10.9 Å². The molecule has 0 aromatic carbocycles. The molecule has 0 spiro atoms. The van der Waals surface area contributed by atoms with E-state index in [0.29, 0.717) is 11.4 Å². The van der Waals surface area contributed by atoms with E-state index in [0.717, 1.165) is 0 Å². The van der Waals surface area contributed by atoms with Gasteiger partial charge in [0, 0.05) is 11.1 Å². The number of aromatic nitrogens is 1. The zero-order valence-electron chi connectivity index (χ0n) is 9.64. The van der Waals surface area contributed by atoms with E-state index in [-0.39, 0.29) is 11.1 Å². The molecule has 0 bridgehead atoms. The molecule has 0 unspecified atom stereocenters. The summed E-state index contributed by atoms with van der Waals surface area (Å²) in [4.78, 5) is 23.4. The number of nitrogens with zero attached hydrogens (tertiary/aromatic N) is 1. The molecule has 0 N–H and O–H groups in total. The topological polar surface area (TPSA) is 57.5 Å². The minimum Gasteiger partial charge on any atom is -0.465 e. The van der Waals surface area contributed by atoms with Crippen LogP contribution in [0.4, 0.5) is 0 Å². The Labute approximate surface area is 101 Å². The maximum absolute atomic E-state index is 11.7. The lowest BCUT2D eigenvalue weighted by atomic mass is 10.1. The summed E-state index contributed by atoms with van der Waals surface area (Å²) in [7, 11) is 4.02. The Kier molecular flexibility index (Phi) is 2.89. The standard InChI is InChI=1S/C11H11NO4S/c1-6-8(10(13)15-2)9(11(14)16-3)7-4-17-5-12(6)7/h4-5H,1-3H3. The second-order valence-corrected chi connectivity index (χ2v) is 4.15. The second kappa shape index (κ2) is 4.21. The SMILES string of the molecule is COC(=O)c1c(C(=O)OC)c2n(c1C)C=S=C2. The van der Waals surface area contributed by atoms with Crippen molar-refractivity contribution in [2.24, 2.45) is 0 Å². The third-order valence-corrected chi connectivity index (χ3v) is 3.31. The largest absolute Gasteiger partial charge is 0.465 e. The fraction of sp³-hybridized carbons (Fsp3) is 0.273. The van der Waals surface area contributed by atoms with Gasteiger partial charge < -0.3 is 14.0 Å². The van der Waals surface area contributed by atoms with Crippen LogP contribution in [0.3, 0.4) is 0 Å². The van der Waals surface area contributed by atoms with Crippen LogP contribution in [-0.4, -0.2) is 41.6 Å². The van der Waals surface area contributed by atoms with Crippen LogP contribution >= 0.6 is 10.9 Å². The van der Waals surface area contributed by atoms with Crippen molar-refractivity contribution >= 4 is 33.7 Å². The van der Waals surface area contributed by atoms with Gasteiger partial charge in [-0.05, 0) is 6.92 Å². The van der Waals surface area contributed by atoms with Crippen molar-refractivity contribution in [3.05, 3.63) is 22.5 Å². The van der Waals surface area contributed by atoms with Gasteiger partial charge in [0.1, 0.15) is 5.56 Å². The molecule has 0 amide bonds. The molecule has 2 heterocycles. The highest BCUT2D eigenvalue weighted by atomic mass is 32.1. The van der Waals surface area contributed by atoms with Crippen LogP contribution in [0.5, 0.6) is 0 Å². The Bertz CT molecular complexity index is 579. The Morgan fingerprint density at radius 1 is 1.18 bits per heavy atom. The van der Waals surface area contributed by atoms with Crippen LogP contribution in [0, 0.1) is 6.92 Å². The Morgan fingerprint density at radius 3 is 2.35 bits per heavy atom. The van der Waals surface area contributed by atoms with E-state index < -0.39 is 11.9 Å². The molecule has 0 fully saturated rings. The monoisotopic (exact) mass is 253 g/mol. The number of carbonyl (C=O) groups excluding carboxylic acids is 2. The number of esters is 2. The lowest BCUT2D eigenvalue weighted by molar-refractivity contribution is 0.0556. The van der Waals surface area contributed by atoms with E-state index in [1.807, 2.05) is 5.49 Å². The van der Waals surface area contributed by atoms with Gasteiger partial charge in [0.2, 0.25) is 0 Å². The average molecular weight is 253 g/mol. The summed E-state index contributed by atoms with van der Waals surface area (Å²) in [5, 5.41) is 1.80. The van der Waals surface area contributed by atoms with Crippen molar-refractivity contribution in [3.8, 4) is 0 Å². The van der Waals surface area contributed by atoms with Crippen LogP contribution in [0.15, 0.2) is 0 Å². The molecule has 5 nitrogen and oxygen atoms in total. The molecular weight excluding hydrogens is 242 g/mol. The molecule has 1 aliphatic heterocycles. The molecule has 0 saturated carbocycles. The highest BCUT2D eigenvalue weighted by molar-refractivity contribution is 7.96. The average Bonchev–Trinajstić information content (AvgIpc) is 2.90. The fourth-order valence-electron chi connectivity index (χ4n) is 1.80. The molecule has 6 heteroatoms. The molecule has 1 aromatic rings. The van der Waals surface area contributed by atoms with Gasteiger partial charge in [0.05, 0.1) is 31.0 Å². The van der Waals surface area contributed by atoms with Crippen LogP contribution in [0.2, 0.25) is 0 Å². The minimum atomic E-state index is -0.533. The maximum Gasteiger partial charge on any atom is 0.340 e. The highest BCUT2D eigenvalue weighted by Gasteiger charge is 2.30. The van der Waals surface area contributed by atoms with Crippen molar-refractivity contribution in [3.63, 3.8) is 0 Å². The number of ether oxygens (including phenoxy) is 2. The highest BCUT2D eigenvalue weighted by Crippen LogP contribution is 2.24. The quantitative estimate of drug-likeness (QED) is 0.589. The van der Waals surface area contributed by atoms with Gasteiger partial charge in [-0.25, -0.2) is 9.59 Å². The molecule has 2 rings (SSSR count). The normalized spacial score (nSPS) is 11.9. The van der Waals surface area contributed by atoms with Crippen LogP contribution in [0.25, 0.3) is 0 Å². The molecule has 1 aliphatic rings. The first-order chi connectivity index (χ1) is 8.11. The van der Waals surface area contributed by atoms with Crippen molar-refractivity contribution in [2.45, 2.75) is 6.92 Å². The first-order valence-corrected chi connectivity index (χ1v) is 5.79. The summed E-state index contributed by atoms with van der Waals surface area (Å²) in [6, 6.07) is 0. The minimum absolute atomic E-state index is 0.262. The summed E-state index contributed by atoms with van der Waals surface area (Å²) in [5.41, 5.74) is 3.69. The second-order valence-electron chi connectivity index (χ2n) is 3.43. The van der Waals surface area contributed by atoms with Crippen molar-refractivity contribution < 1.29 is 19.1 Å². The lowest BCUT2D eigenvalue weighted by Crippen LogP contribution is -2.11. The number of hydrogen-bond donors (Lipinski definition) is 0. The Morgan fingerprint density at radius 2 is 1.76 bits per heavy atom. The molecule has 1 aromatic heterocycles. The molecule has 17 heavy (non-hydrogen) atoms. The van der Waals surface area contributed by atoms with Crippen molar-refractivity contribution in [1.82, 2.24) is 4.57 Å². The number of methoxy groups -OCH3 is 2. The smallest absolute Gasteiger partial charge is 0.340 e. The van der Waals surface area contributed by atoms with E-state index in [2.05, 4.69) is 0 Å². The lowest BCUT2D eigenvalue weighted by Gasteiger charge is -2.02. The number of rotatable bonds is 2. The molecule has 0 atom stereocenters. The van der Waals surface area contributed by atoms with E-state index >= 15 is 0 Å². The molecule has 0 radical (unpaired) electrons. The predicted molar refractivity (Wildman–Crippen MR) is 66.1 cm³/mol. The van der Waals surface area contributed by atoms with E-state index in [1.54, 1.807) is 16.9 Å². The van der Waals surface area contributed by atoms with E-state index in [9.17, 15) is 9.59 Å². The van der Waals surface area contributed by atoms with Gasteiger partial charge in [0.15, 0.2) is 0 Å². The molecular formula is C11H11NO4S. The first-order valence-electron chi connectivity index (χ1n) is 4.85. The van der Waals surface area contributed by atoms with Crippen molar-refractivity contribution in [1.29, 1.82) is 0 Å². The maximum atomic E-state index is 11.7. The van der Waals surface area contributed by atoms with Gasteiger partial charge in [-0.1, -0.05) is 0 Å². The van der Waals surface area contributed by atoms with Gasteiger partial charge >= 0.3 is 11.9 Å². The summed E-state index contributed by atoms with van der Waals surface area (Å²) in [6.07, 6.45) is 0. The molecule has 90 valence electrons. The first kappa shape index (κ1) is 11.7. The zero-order chi connectivity index (χ0) is 12.6. The van der Waals surface area contributed by atoms with E-state index in [4.69, 9.17) is 9.47 Å². The number of hydrogen-bond acceptors (Lipinski definition) is 4. The van der Waals surface area contributed by atoms with Crippen LogP contribution in [-0.2, 0) is 9.47 Å². The van der Waals surface area contributed by atoms with Crippen LogP contribution in [0.1, 0.15) is 32.1 Å². The summed E-state index contributed by atoms with van der Waals surface area (Å²) < 4.78 is 11.2. The van der Waals surface area contributed by atoms with Gasteiger partial charge in [0.25, 0.3) is 0 Å². The Balaban J connectivity index is 2.71. The van der Waals surface area contributed by atoms with Crippen molar-refractivity contribution in [2.75, 3.05) is 14.2 Å². The van der Waals surface area contributed by atoms with Crippen LogP contribution < -0.4 is 0 Å². The fourth-order valence-corrected chi connectivity index (χ4v) is 2.61. The number of carbonyl (C=O) groups is 2. The third-order valence-electron chi connectivity index (χ3n) is 2.61. The summed E-state index contributed by atoms with van der Waals surface area (Å²) in [5.74, 6) is -1.06. The third kappa shape index (κ3) is 1.61. The zero-order valence-corrected chi connectivity index (χ0v) is 10.5. The summed E-state index contributed by atoms with van der Waals surface area (Å²) in [6.45, 7) is 1.76. The van der Waals surface area contributed by atoms with Gasteiger partial charge in [-0.3, -0.25) is 0 Å². The Hall–Kier alpha value is -1.82. The molecule has 0 saturated heterocycles. The predicted octanol–water partition coefficient (Wildman–Crippen LogP) is 0.875. The number of fused-ring (bicyclic) bond motifs is 1.